The van der Waals surface area contributed by atoms with Gasteiger partial charge in [-0.2, -0.15) is 23.5 Å². The highest BCUT2D eigenvalue weighted by molar-refractivity contribution is 5.87. The second-order valence-electron chi connectivity index (χ2n) is 7.22. The van der Waals surface area contributed by atoms with E-state index in [-0.39, 0.29) is 22.8 Å². The largest absolute Gasteiger partial charge is 0.464 e. The summed E-state index contributed by atoms with van der Waals surface area (Å²) in [6, 6.07) is 10.7. The zero-order valence-corrected chi connectivity index (χ0v) is 18.2. The SMILES string of the molecule is COC(=O)c1nc(-c2ccnn2-c2ccc(C#N)nc2)c(C)n(-c2cccc(C(F)(F)F)c2)c1=O. The number of alkyl halides is 3. The number of carbonyl (C=O) groups is 1. The first-order chi connectivity index (χ1) is 16.7. The molecule has 4 rings (SSSR count). The lowest BCUT2D eigenvalue weighted by molar-refractivity contribution is -0.137. The predicted molar refractivity (Wildman–Crippen MR) is 116 cm³/mol. The smallest absolute Gasteiger partial charge is 0.416 e. The van der Waals surface area contributed by atoms with Gasteiger partial charge in [0.15, 0.2) is 0 Å². The first kappa shape index (κ1) is 23.4. The van der Waals surface area contributed by atoms with Crippen LogP contribution in [0, 0.1) is 18.3 Å². The van der Waals surface area contributed by atoms with Crippen molar-refractivity contribution in [2.24, 2.45) is 0 Å². The van der Waals surface area contributed by atoms with E-state index < -0.39 is 29.0 Å². The minimum absolute atomic E-state index is 0.101. The quantitative estimate of drug-likeness (QED) is 0.411. The van der Waals surface area contributed by atoms with E-state index in [2.05, 4.69) is 19.8 Å². The van der Waals surface area contributed by atoms with Crippen LogP contribution in [0.2, 0.25) is 0 Å². The Bertz CT molecular complexity index is 1530. The fraction of sp³-hybridized carbons (Fsp3) is 0.130. The number of nitriles is 1. The second-order valence-corrected chi connectivity index (χ2v) is 7.22. The number of methoxy groups -OCH3 is 1. The molecule has 35 heavy (non-hydrogen) atoms. The van der Waals surface area contributed by atoms with Gasteiger partial charge in [-0.15, -0.1) is 0 Å². The molecule has 3 aromatic heterocycles. The Balaban J connectivity index is 1.99. The molecular formula is C23H15F3N6O3. The highest BCUT2D eigenvalue weighted by Gasteiger charge is 2.31. The number of rotatable bonds is 4. The Labute approximate surface area is 195 Å². The molecule has 0 aliphatic heterocycles. The lowest BCUT2D eigenvalue weighted by atomic mass is 10.1. The van der Waals surface area contributed by atoms with E-state index in [1.807, 2.05) is 6.07 Å². The van der Waals surface area contributed by atoms with Crippen molar-refractivity contribution in [3.8, 4) is 28.8 Å². The maximum Gasteiger partial charge on any atom is 0.416 e. The molecule has 0 N–H and O–H groups in total. The number of nitrogens with zero attached hydrogens (tertiary/aromatic N) is 6. The average Bonchev–Trinajstić information content (AvgIpc) is 3.33. The summed E-state index contributed by atoms with van der Waals surface area (Å²) in [5.41, 5.74) is -1.42. The molecule has 4 aromatic rings. The van der Waals surface area contributed by atoms with Gasteiger partial charge in [0.1, 0.15) is 17.5 Å². The van der Waals surface area contributed by atoms with Gasteiger partial charge in [-0.25, -0.2) is 19.4 Å². The molecule has 0 aliphatic carbocycles. The maximum absolute atomic E-state index is 13.3. The van der Waals surface area contributed by atoms with Crippen molar-refractivity contribution >= 4 is 5.97 Å². The van der Waals surface area contributed by atoms with Gasteiger partial charge in [-0.1, -0.05) is 6.07 Å². The van der Waals surface area contributed by atoms with Crippen molar-refractivity contribution in [2.45, 2.75) is 13.1 Å². The summed E-state index contributed by atoms with van der Waals surface area (Å²) < 4.78 is 47.1. The van der Waals surface area contributed by atoms with Crippen LogP contribution in [0.1, 0.15) is 27.4 Å². The number of hydrogen-bond acceptors (Lipinski definition) is 7. The number of aromatic nitrogens is 5. The number of esters is 1. The summed E-state index contributed by atoms with van der Waals surface area (Å²) in [7, 11) is 1.06. The predicted octanol–water partition coefficient (Wildman–Crippen LogP) is 3.47. The summed E-state index contributed by atoms with van der Waals surface area (Å²) in [6.07, 6.45) is -1.81. The Morgan fingerprint density at radius 2 is 1.91 bits per heavy atom. The third kappa shape index (κ3) is 4.26. The van der Waals surface area contributed by atoms with Crippen LogP contribution < -0.4 is 5.56 Å². The normalized spacial score (nSPS) is 11.2. The molecule has 1 aromatic carbocycles. The van der Waals surface area contributed by atoms with Gasteiger partial charge >= 0.3 is 12.1 Å². The van der Waals surface area contributed by atoms with Gasteiger partial charge in [-0.05, 0) is 43.3 Å². The molecule has 0 unspecified atom stereocenters. The van der Waals surface area contributed by atoms with Gasteiger partial charge in [0.05, 0.1) is 42.1 Å². The van der Waals surface area contributed by atoms with Crippen molar-refractivity contribution in [1.82, 2.24) is 24.3 Å². The fourth-order valence-corrected chi connectivity index (χ4v) is 3.48. The molecule has 0 aliphatic rings. The van der Waals surface area contributed by atoms with Crippen molar-refractivity contribution in [1.29, 1.82) is 5.26 Å². The van der Waals surface area contributed by atoms with Gasteiger partial charge in [0.25, 0.3) is 5.56 Å². The van der Waals surface area contributed by atoms with Crippen LogP contribution in [0.15, 0.2) is 59.7 Å². The number of benzene rings is 1. The number of halogens is 3. The van der Waals surface area contributed by atoms with E-state index in [0.29, 0.717) is 11.4 Å². The molecule has 9 nitrogen and oxygen atoms in total. The minimum Gasteiger partial charge on any atom is -0.464 e. The molecule has 176 valence electrons. The average molecular weight is 480 g/mol. The highest BCUT2D eigenvalue weighted by atomic mass is 19.4. The minimum atomic E-state index is -4.64. The number of ether oxygens (including phenoxy) is 1. The molecule has 0 atom stereocenters. The number of hydrogen-bond donors (Lipinski definition) is 0. The molecular weight excluding hydrogens is 465 g/mol. The first-order valence-electron chi connectivity index (χ1n) is 9.96. The summed E-state index contributed by atoms with van der Waals surface area (Å²) in [4.78, 5) is 33.7. The van der Waals surface area contributed by atoms with Crippen LogP contribution >= 0.6 is 0 Å². The maximum atomic E-state index is 13.3. The third-order valence-corrected chi connectivity index (χ3v) is 5.11. The van der Waals surface area contributed by atoms with Crippen molar-refractivity contribution in [3.63, 3.8) is 0 Å². The Morgan fingerprint density at radius 1 is 1.14 bits per heavy atom. The van der Waals surface area contributed by atoms with Crippen LogP contribution in [-0.4, -0.2) is 37.4 Å². The zero-order chi connectivity index (χ0) is 25.3. The van der Waals surface area contributed by atoms with Gasteiger partial charge in [0.2, 0.25) is 5.69 Å². The van der Waals surface area contributed by atoms with Gasteiger partial charge in [-0.3, -0.25) is 9.36 Å². The molecule has 0 fully saturated rings. The van der Waals surface area contributed by atoms with Crippen molar-refractivity contribution in [3.05, 3.63) is 87.9 Å². The fourth-order valence-electron chi connectivity index (χ4n) is 3.48. The summed E-state index contributed by atoms with van der Waals surface area (Å²) in [6.45, 7) is 1.49. The number of carbonyl (C=O) groups excluding carboxylic acids is 1. The summed E-state index contributed by atoms with van der Waals surface area (Å²) in [5.74, 6) is -1.05. The van der Waals surface area contributed by atoms with E-state index in [0.717, 1.165) is 29.9 Å². The third-order valence-electron chi connectivity index (χ3n) is 5.11. The van der Waals surface area contributed by atoms with E-state index >= 15 is 0 Å². The number of pyridine rings is 1. The van der Waals surface area contributed by atoms with Crippen molar-refractivity contribution in [2.75, 3.05) is 7.11 Å². The van der Waals surface area contributed by atoms with Crippen LogP contribution in [0.25, 0.3) is 22.8 Å². The van der Waals surface area contributed by atoms with E-state index in [4.69, 9.17) is 5.26 Å². The molecule has 0 saturated carbocycles. The zero-order valence-electron chi connectivity index (χ0n) is 18.2. The highest BCUT2D eigenvalue weighted by Crippen LogP contribution is 2.31. The standard InChI is InChI=1S/C23H15F3N6O3/c1-13-19(18-8-9-29-32(18)17-7-6-15(11-27)28-12-17)30-20(22(34)35-2)21(33)31(13)16-5-3-4-14(10-16)23(24,25)26/h3-10,12H,1-2H3. The van der Waals surface area contributed by atoms with Crippen LogP contribution in [0.5, 0.6) is 0 Å². The van der Waals surface area contributed by atoms with Crippen LogP contribution in [0.4, 0.5) is 13.2 Å². The first-order valence-corrected chi connectivity index (χ1v) is 9.96. The molecule has 0 spiro atoms. The lowest BCUT2D eigenvalue weighted by Crippen LogP contribution is -2.30. The van der Waals surface area contributed by atoms with E-state index in [1.165, 1.54) is 36.1 Å². The second kappa shape index (κ2) is 8.86. The van der Waals surface area contributed by atoms with Gasteiger partial charge < -0.3 is 4.74 Å². The van der Waals surface area contributed by atoms with E-state index in [9.17, 15) is 22.8 Å². The molecule has 0 saturated heterocycles. The lowest BCUT2D eigenvalue weighted by Gasteiger charge is -2.17. The molecule has 3 heterocycles. The summed E-state index contributed by atoms with van der Waals surface area (Å²) >= 11 is 0. The topological polar surface area (TPSA) is 116 Å². The molecule has 0 radical (unpaired) electrons. The molecule has 0 amide bonds. The Morgan fingerprint density at radius 3 is 2.54 bits per heavy atom. The van der Waals surface area contributed by atoms with Gasteiger partial charge in [0, 0.05) is 5.69 Å². The molecule has 0 bridgehead atoms. The van der Waals surface area contributed by atoms with Crippen molar-refractivity contribution < 1.29 is 22.7 Å². The monoisotopic (exact) mass is 480 g/mol. The Kier molecular flexibility index (Phi) is 5.92. The molecule has 12 heteroatoms. The van der Waals surface area contributed by atoms with Crippen LogP contribution in [0.3, 0.4) is 0 Å². The Hall–Kier alpha value is -4.79. The summed E-state index contributed by atoms with van der Waals surface area (Å²) in [5, 5.41) is 13.2. The van der Waals surface area contributed by atoms with Crippen LogP contribution in [-0.2, 0) is 10.9 Å². The van der Waals surface area contributed by atoms with E-state index in [1.54, 1.807) is 12.1 Å².